The summed E-state index contributed by atoms with van der Waals surface area (Å²) in [6.07, 6.45) is 2.47. The number of hydrogen-bond donors (Lipinski definition) is 0. The van der Waals surface area contributed by atoms with Gasteiger partial charge in [-0.05, 0) is 30.7 Å². The molecule has 0 atom stereocenters. The summed E-state index contributed by atoms with van der Waals surface area (Å²) in [4.78, 5) is 0. The van der Waals surface area contributed by atoms with Crippen molar-refractivity contribution in [1.29, 1.82) is 0 Å². The van der Waals surface area contributed by atoms with E-state index in [9.17, 15) is 8.42 Å². The van der Waals surface area contributed by atoms with Crippen LogP contribution in [0.2, 0.25) is 5.02 Å². The molecule has 0 fully saturated rings. The maximum Gasteiger partial charge on any atom is 0.197 e. The van der Waals surface area contributed by atoms with Crippen LogP contribution in [0.4, 0.5) is 0 Å². The van der Waals surface area contributed by atoms with Crippen LogP contribution in [-0.2, 0) is 9.84 Å². The van der Waals surface area contributed by atoms with Crippen molar-refractivity contribution in [2.24, 2.45) is 0 Å². The van der Waals surface area contributed by atoms with E-state index in [0.29, 0.717) is 5.02 Å². The zero-order chi connectivity index (χ0) is 12.6. The van der Waals surface area contributed by atoms with Crippen LogP contribution < -0.4 is 0 Å². The molecule has 0 amide bonds. The quantitative estimate of drug-likeness (QED) is 0.833. The Hall–Kier alpha value is -1.40. The van der Waals surface area contributed by atoms with Crippen molar-refractivity contribution in [2.45, 2.75) is 11.9 Å². The molecule has 5 nitrogen and oxygen atoms in total. The second-order valence-electron chi connectivity index (χ2n) is 3.70. The number of aromatic nitrogens is 3. The van der Waals surface area contributed by atoms with E-state index < -0.39 is 9.84 Å². The van der Waals surface area contributed by atoms with Crippen molar-refractivity contribution in [3.05, 3.63) is 35.0 Å². The molecular weight excluding hydrogens is 262 g/mol. The van der Waals surface area contributed by atoms with Crippen LogP contribution in [0.3, 0.4) is 0 Å². The van der Waals surface area contributed by atoms with Gasteiger partial charge in [-0.25, -0.2) is 13.1 Å². The predicted molar refractivity (Wildman–Crippen MR) is 64.2 cm³/mol. The van der Waals surface area contributed by atoms with Gasteiger partial charge in [-0.3, -0.25) is 0 Å². The van der Waals surface area contributed by atoms with Gasteiger partial charge in [-0.15, -0.1) is 5.10 Å². The lowest BCUT2D eigenvalue weighted by atomic mass is 10.2. The minimum Gasteiger partial charge on any atom is -0.222 e. The molecule has 2 aromatic rings. The number of benzene rings is 1. The van der Waals surface area contributed by atoms with E-state index in [4.69, 9.17) is 11.6 Å². The van der Waals surface area contributed by atoms with E-state index in [1.807, 2.05) is 6.92 Å². The molecule has 0 saturated heterocycles. The van der Waals surface area contributed by atoms with Crippen LogP contribution >= 0.6 is 11.6 Å². The Labute approximate surface area is 104 Å². The van der Waals surface area contributed by atoms with E-state index in [1.54, 1.807) is 18.2 Å². The molecule has 0 aliphatic carbocycles. The summed E-state index contributed by atoms with van der Waals surface area (Å²) in [5, 5.41) is 7.98. The Bertz CT molecular complexity index is 664. The van der Waals surface area contributed by atoms with Gasteiger partial charge in [-0.2, -0.15) is 0 Å². The van der Waals surface area contributed by atoms with E-state index >= 15 is 0 Å². The fraction of sp³-hybridized carbons (Fsp3) is 0.200. The monoisotopic (exact) mass is 271 g/mol. The van der Waals surface area contributed by atoms with Crippen LogP contribution in [0.25, 0.3) is 5.69 Å². The zero-order valence-corrected chi connectivity index (χ0v) is 10.8. The van der Waals surface area contributed by atoms with Gasteiger partial charge in [0.2, 0.25) is 0 Å². The lowest BCUT2D eigenvalue weighted by Crippen LogP contribution is -1.98. The molecule has 0 spiro atoms. The average molecular weight is 272 g/mol. The van der Waals surface area contributed by atoms with E-state index in [0.717, 1.165) is 17.5 Å². The molecule has 0 aliphatic heterocycles. The molecule has 1 aromatic heterocycles. The molecule has 1 heterocycles. The molecule has 0 radical (unpaired) electrons. The lowest BCUT2D eigenvalue weighted by molar-refractivity contribution is 0.598. The minimum atomic E-state index is -3.33. The Morgan fingerprint density at radius 1 is 1.35 bits per heavy atom. The van der Waals surface area contributed by atoms with Crippen LogP contribution in [-0.4, -0.2) is 29.7 Å². The maximum absolute atomic E-state index is 11.3. The normalized spacial score (nSPS) is 11.7. The first-order chi connectivity index (χ1) is 7.88. The third kappa shape index (κ3) is 2.48. The standard InChI is InChI=1S/C10H10ClN3O2S/c1-7-5-8(11)3-4-9(7)14-6-10(12-13-14)17(2,15)16/h3-6H,1-2H3. The first-order valence-electron chi connectivity index (χ1n) is 4.77. The number of aryl methyl sites for hydroxylation is 1. The third-order valence-electron chi connectivity index (χ3n) is 2.26. The highest BCUT2D eigenvalue weighted by atomic mass is 35.5. The highest BCUT2D eigenvalue weighted by molar-refractivity contribution is 7.90. The average Bonchev–Trinajstić information content (AvgIpc) is 2.65. The number of hydrogen-bond acceptors (Lipinski definition) is 4. The zero-order valence-electron chi connectivity index (χ0n) is 9.25. The predicted octanol–water partition coefficient (Wildman–Crippen LogP) is 1.63. The lowest BCUT2D eigenvalue weighted by Gasteiger charge is -2.04. The highest BCUT2D eigenvalue weighted by Gasteiger charge is 2.13. The fourth-order valence-corrected chi connectivity index (χ4v) is 2.11. The molecule has 1 aromatic carbocycles. The van der Waals surface area contributed by atoms with E-state index in [2.05, 4.69) is 10.3 Å². The molecule has 17 heavy (non-hydrogen) atoms. The topological polar surface area (TPSA) is 64.8 Å². The largest absolute Gasteiger partial charge is 0.222 e. The Kier molecular flexibility index (Phi) is 2.92. The maximum atomic E-state index is 11.3. The minimum absolute atomic E-state index is 0.0492. The molecule has 0 N–H and O–H groups in total. The van der Waals surface area contributed by atoms with Gasteiger partial charge < -0.3 is 0 Å². The van der Waals surface area contributed by atoms with Gasteiger partial charge in [0.1, 0.15) is 0 Å². The van der Waals surface area contributed by atoms with Crippen molar-refractivity contribution in [3.8, 4) is 5.69 Å². The van der Waals surface area contributed by atoms with Gasteiger partial charge in [0.15, 0.2) is 14.9 Å². The van der Waals surface area contributed by atoms with Crippen molar-refractivity contribution < 1.29 is 8.42 Å². The second-order valence-corrected chi connectivity index (χ2v) is 6.10. The molecule has 0 unspecified atom stereocenters. The van der Waals surface area contributed by atoms with Crippen LogP contribution in [0.1, 0.15) is 5.56 Å². The molecule has 0 saturated carbocycles. The molecule has 0 aliphatic rings. The first kappa shape index (κ1) is 12.1. The summed E-state index contributed by atoms with van der Waals surface area (Å²) in [7, 11) is -3.33. The van der Waals surface area contributed by atoms with Crippen LogP contribution in [0, 0.1) is 6.92 Å². The van der Waals surface area contributed by atoms with Crippen molar-refractivity contribution >= 4 is 21.4 Å². The summed E-state index contributed by atoms with van der Waals surface area (Å²) >= 11 is 5.84. The summed E-state index contributed by atoms with van der Waals surface area (Å²) < 4.78 is 24.0. The van der Waals surface area contributed by atoms with Crippen LogP contribution in [0.15, 0.2) is 29.4 Å². The number of rotatable bonds is 2. The summed E-state index contributed by atoms with van der Waals surface area (Å²) in [6, 6.07) is 5.25. The molecule has 90 valence electrons. The fourth-order valence-electron chi connectivity index (χ4n) is 1.41. The molecule has 0 bridgehead atoms. The van der Waals surface area contributed by atoms with E-state index in [1.165, 1.54) is 10.9 Å². The van der Waals surface area contributed by atoms with Crippen molar-refractivity contribution in [3.63, 3.8) is 0 Å². The van der Waals surface area contributed by atoms with Crippen molar-refractivity contribution in [2.75, 3.05) is 6.26 Å². The number of sulfone groups is 1. The van der Waals surface area contributed by atoms with Gasteiger partial charge in [-0.1, -0.05) is 16.8 Å². The van der Waals surface area contributed by atoms with Gasteiger partial charge in [0.25, 0.3) is 0 Å². The van der Waals surface area contributed by atoms with Gasteiger partial charge >= 0.3 is 0 Å². The Morgan fingerprint density at radius 2 is 2.06 bits per heavy atom. The summed E-state index contributed by atoms with van der Waals surface area (Å²) in [5.74, 6) is 0. The van der Waals surface area contributed by atoms with Gasteiger partial charge in [0, 0.05) is 11.3 Å². The van der Waals surface area contributed by atoms with E-state index in [-0.39, 0.29) is 5.03 Å². The molecule has 2 rings (SSSR count). The van der Waals surface area contributed by atoms with Gasteiger partial charge in [0.05, 0.1) is 11.9 Å². The third-order valence-corrected chi connectivity index (χ3v) is 3.44. The van der Waals surface area contributed by atoms with Crippen molar-refractivity contribution in [1.82, 2.24) is 15.0 Å². The molecular formula is C10H10ClN3O2S. The summed E-state index contributed by atoms with van der Waals surface area (Å²) in [5.41, 5.74) is 1.64. The SMILES string of the molecule is Cc1cc(Cl)ccc1-n1cc(S(C)(=O)=O)nn1. The molecule has 7 heteroatoms. The number of nitrogens with zero attached hydrogens (tertiary/aromatic N) is 3. The number of halogens is 1. The second kappa shape index (κ2) is 4.12. The first-order valence-corrected chi connectivity index (χ1v) is 7.04. The highest BCUT2D eigenvalue weighted by Crippen LogP contribution is 2.18. The summed E-state index contributed by atoms with van der Waals surface area (Å²) in [6.45, 7) is 1.86. The van der Waals surface area contributed by atoms with Crippen LogP contribution in [0.5, 0.6) is 0 Å². The smallest absolute Gasteiger partial charge is 0.197 e. The Morgan fingerprint density at radius 3 is 2.59 bits per heavy atom. The Balaban J connectivity index is 2.51.